The zero-order valence-electron chi connectivity index (χ0n) is 16.9. The summed E-state index contributed by atoms with van der Waals surface area (Å²) in [5, 5.41) is 5.78. The maximum absolute atomic E-state index is 12.4. The summed E-state index contributed by atoms with van der Waals surface area (Å²) in [7, 11) is 3.70. The highest BCUT2D eigenvalue weighted by Gasteiger charge is 2.20. The molecule has 0 aliphatic carbocycles. The monoisotopic (exact) mass is 379 g/mol. The van der Waals surface area contributed by atoms with Gasteiger partial charge >= 0.3 is 0 Å². The summed E-state index contributed by atoms with van der Waals surface area (Å²) >= 11 is 0. The van der Waals surface area contributed by atoms with E-state index in [2.05, 4.69) is 15.5 Å². The fraction of sp³-hybridized carbons (Fsp3) is 0.600. The first-order chi connectivity index (χ1) is 13.0. The number of likely N-dealkylation sites (N-methyl/N-ethyl adjacent to an activating group) is 1. The zero-order valence-corrected chi connectivity index (χ0v) is 16.9. The summed E-state index contributed by atoms with van der Waals surface area (Å²) in [6, 6.07) is 7.05. The molecular weight excluding hydrogens is 346 g/mol. The number of rotatable bonds is 13. The van der Waals surface area contributed by atoms with Crippen LogP contribution < -0.4 is 15.4 Å². The van der Waals surface area contributed by atoms with Crippen molar-refractivity contribution in [2.24, 2.45) is 0 Å². The van der Waals surface area contributed by atoms with Crippen molar-refractivity contribution >= 4 is 11.8 Å². The molecule has 0 aliphatic rings. The van der Waals surface area contributed by atoms with Crippen LogP contribution in [0.25, 0.3) is 0 Å². The molecule has 0 aliphatic heterocycles. The summed E-state index contributed by atoms with van der Waals surface area (Å²) < 4.78 is 10.7. The normalized spacial score (nSPS) is 11.9. The fourth-order valence-electron chi connectivity index (χ4n) is 2.77. The number of benzene rings is 1. The molecule has 0 saturated heterocycles. The standard InChI is InChI=1S/C20H33N3O4/c1-5-27-19-10-7-6-9-17(19)18(22-16(2)24)15-20(25)21-11-13-23(3)12-8-14-26-4/h6-7,9-10,18H,5,8,11-15H2,1-4H3,(H,21,25)(H,22,24)/t18-/m1/s1. The van der Waals surface area contributed by atoms with Crippen LogP contribution >= 0.6 is 0 Å². The highest BCUT2D eigenvalue weighted by atomic mass is 16.5. The molecule has 0 bridgehead atoms. The molecule has 1 atom stereocenters. The Balaban J connectivity index is 2.59. The zero-order chi connectivity index (χ0) is 20.1. The second-order valence-electron chi connectivity index (χ2n) is 6.43. The smallest absolute Gasteiger partial charge is 0.222 e. The Morgan fingerprint density at radius 3 is 2.63 bits per heavy atom. The molecule has 0 heterocycles. The maximum Gasteiger partial charge on any atom is 0.222 e. The molecule has 0 fully saturated rings. The minimum atomic E-state index is -0.426. The first-order valence-corrected chi connectivity index (χ1v) is 9.40. The number of carbonyl (C=O) groups is 2. The Labute approximate surface area is 162 Å². The minimum absolute atomic E-state index is 0.106. The molecule has 1 aromatic carbocycles. The van der Waals surface area contributed by atoms with Gasteiger partial charge in [-0.2, -0.15) is 0 Å². The number of hydrogen-bond acceptors (Lipinski definition) is 5. The predicted molar refractivity (Wildman–Crippen MR) is 106 cm³/mol. The number of ether oxygens (including phenoxy) is 2. The molecule has 0 aromatic heterocycles. The first kappa shape index (κ1) is 22.9. The van der Waals surface area contributed by atoms with Crippen molar-refractivity contribution in [1.82, 2.24) is 15.5 Å². The van der Waals surface area contributed by atoms with Crippen molar-refractivity contribution in [1.29, 1.82) is 0 Å². The number of amides is 2. The van der Waals surface area contributed by atoms with E-state index in [0.29, 0.717) is 18.9 Å². The molecule has 0 spiro atoms. The Morgan fingerprint density at radius 2 is 1.96 bits per heavy atom. The first-order valence-electron chi connectivity index (χ1n) is 9.40. The summed E-state index contributed by atoms with van der Waals surface area (Å²) in [6.45, 7) is 6.83. The number of nitrogens with one attached hydrogen (secondary N) is 2. The van der Waals surface area contributed by atoms with Crippen LogP contribution in [-0.2, 0) is 14.3 Å². The van der Waals surface area contributed by atoms with Gasteiger partial charge in [0.05, 0.1) is 19.1 Å². The van der Waals surface area contributed by atoms with Crippen molar-refractivity contribution in [2.45, 2.75) is 32.7 Å². The van der Waals surface area contributed by atoms with Crippen molar-refractivity contribution < 1.29 is 19.1 Å². The van der Waals surface area contributed by atoms with E-state index in [0.717, 1.165) is 31.7 Å². The summed E-state index contributed by atoms with van der Waals surface area (Å²) in [5.74, 6) is 0.395. The van der Waals surface area contributed by atoms with Gasteiger partial charge in [0.1, 0.15) is 5.75 Å². The highest BCUT2D eigenvalue weighted by molar-refractivity contribution is 5.79. The molecule has 0 unspecified atom stereocenters. The van der Waals surface area contributed by atoms with Gasteiger partial charge in [-0.3, -0.25) is 9.59 Å². The SMILES string of the molecule is CCOc1ccccc1[C@@H](CC(=O)NCCN(C)CCCOC)NC(C)=O. The van der Waals surface area contributed by atoms with Gasteiger partial charge in [-0.05, 0) is 26.5 Å². The van der Waals surface area contributed by atoms with Gasteiger partial charge in [0.15, 0.2) is 0 Å². The van der Waals surface area contributed by atoms with Crippen LogP contribution in [-0.4, -0.2) is 63.7 Å². The van der Waals surface area contributed by atoms with E-state index < -0.39 is 6.04 Å². The lowest BCUT2D eigenvalue weighted by molar-refractivity contribution is -0.122. The third kappa shape index (κ3) is 9.40. The lowest BCUT2D eigenvalue weighted by atomic mass is 10.0. The van der Waals surface area contributed by atoms with Gasteiger partial charge in [0, 0.05) is 45.8 Å². The largest absolute Gasteiger partial charge is 0.494 e. The predicted octanol–water partition coefficient (Wildman–Crippen LogP) is 1.74. The number of carbonyl (C=O) groups excluding carboxylic acids is 2. The van der Waals surface area contributed by atoms with E-state index in [-0.39, 0.29) is 18.2 Å². The van der Waals surface area contributed by atoms with Gasteiger partial charge in [-0.1, -0.05) is 18.2 Å². The van der Waals surface area contributed by atoms with E-state index in [1.165, 1.54) is 6.92 Å². The number of para-hydroxylation sites is 1. The number of hydrogen-bond donors (Lipinski definition) is 2. The molecule has 1 aromatic rings. The minimum Gasteiger partial charge on any atom is -0.494 e. The van der Waals surface area contributed by atoms with Crippen LogP contribution in [0.2, 0.25) is 0 Å². The van der Waals surface area contributed by atoms with Gasteiger partial charge in [-0.25, -0.2) is 0 Å². The van der Waals surface area contributed by atoms with E-state index in [1.54, 1.807) is 7.11 Å². The second kappa shape index (κ2) is 13.1. The summed E-state index contributed by atoms with van der Waals surface area (Å²) in [6.07, 6.45) is 1.12. The van der Waals surface area contributed by atoms with Gasteiger partial charge in [-0.15, -0.1) is 0 Å². The van der Waals surface area contributed by atoms with Crippen LogP contribution in [0, 0.1) is 0 Å². The molecule has 0 saturated carbocycles. The molecule has 0 radical (unpaired) electrons. The van der Waals surface area contributed by atoms with E-state index in [9.17, 15) is 9.59 Å². The van der Waals surface area contributed by atoms with Gasteiger partial charge in [0.2, 0.25) is 11.8 Å². The lowest BCUT2D eigenvalue weighted by Crippen LogP contribution is -2.36. The number of methoxy groups -OCH3 is 1. The van der Waals surface area contributed by atoms with Crippen molar-refractivity contribution in [2.75, 3.05) is 47.0 Å². The van der Waals surface area contributed by atoms with E-state index >= 15 is 0 Å². The molecule has 2 amide bonds. The van der Waals surface area contributed by atoms with Crippen LogP contribution in [0.4, 0.5) is 0 Å². The fourth-order valence-corrected chi connectivity index (χ4v) is 2.77. The van der Waals surface area contributed by atoms with Gasteiger partial charge < -0.3 is 25.0 Å². The van der Waals surface area contributed by atoms with E-state index in [1.807, 2.05) is 38.2 Å². The molecule has 27 heavy (non-hydrogen) atoms. The van der Waals surface area contributed by atoms with Crippen LogP contribution in [0.3, 0.4) is 0 Å². The Hall–Kier alpha value is -2.12. The van der Waals surface area contributed by atoms with Crippen LogP contribution in [0.15, 0.2) is 24.3 Å². The molecular formula is C20H33N3O4. The molecule has 7 nitrogen and oxygen atoms in total. The summed E-state index contributed by atoms with van der Waals surface area (Å²) in [5.41, 5.74) is 0.807. The number of nitrogens with zero attached hydrogens (tertiary/aromatic N) is 1. The molecule has 152 valence electrons. The highest BCUT2D eigenvalue weighted by Crippen LogP contribution is 2.27. The average Bonchev–Trinajstić information content (AvgIpc) is 2.62. The van der Waals surface area contributed by atoms with Crippen molar-refractivity contribution in [3.8, 4) is 5.75 Å². The third-order valence-corrected chi connectivity index (χ3v) is 4.07. The molecule has 1 rings (SSSR count). The average molecular weight is 380 g/mol. The van der Waals surface area contributed by atoms with E-state index in [4.69, 9.17) is 9.47 Å². The molecule has 2 N–H and O–H groups in total. The Kier molecular flexibility index (Phi) is 11.1. The van der Waals surface area contributed by atoms with Crippen LogP contribution in [0.5, 0.6) is 5.75 Å². The van der Waals surface area contributed by atoms with Crippen molar-refractivity contribution in [3.63, 3.8) is 0 Å². The quantitative estimate of drug-likeness (QED) is 0.510. The summed E-state index contributed by atoms with van der Waals surface area (Å²) in [4.78, 5) is 26.1. The van der Waals surface area contributed by atoms with Gasteiger partial charge in [0.25, 0.3) is 0 Å². The molecule has 7 heteroatoms. The maximum atomic E-state index is 12.4. The second-order valence-corrected chi connectivity index (χ2v) is 6.43. The topological polar surface area (TPSA) is 79.9 Å². The van der Waals surface area contributed by atoms with Crippen LogP contribution in [0.1, 0.15) is 38.3 Å². The van der Waals surface area contributed by atoms with Crippen molar-refractivity contribution in [3.05, 3.63) is 29.8 Å². The third-order valence-electron chi connectivity index (χ3n) is 4.07. The lowest BCUT2D eigenvalue weighted by Gasteiger charge is -2.21. The Morgan fingerprint density at radius 1 is 1.22 bits per heavy atom. The Bertz CT molecular complexity index is 580.